The number of amides is 6. The highest BCUT2D eigenvalue weighted by Gasteiger charge is 2.36. The number of carbonyl (C=O) groups excluding carboxylic acids is 6. The second kappa shape index (κ2) is 11.7. The fourth-order valence-corrected chi connectivity index (χ4v) is 3.62. The molecule has 0 fully saturated rings. The molecule has 2 N–H and O–H groups in total. The molecule has 6 amide bonds. The summed E-state index contributed by atoms with van der Waals surface area (Å²) >= 11 is 5.97. The van der Waals surface area contributed by atoms with Crippen LogP contribution in [0.25, 0.3) is 0 Å². The largest absolute Gasteiger partial charge is 0.444 e. The number of ether oxygens (including phenoxy) is 2. The van der Waals surface area contributed by atoms with Crippen molar-refractivity contribution in [1.29, 1.82) is 0 Å². The van der Waals surface area contributed by atoms with Gasteiger partial charge in [0.05, 0.1) is 28.2 Å². The van der Waals surface area contributed by atoms with Crippen LogP contribution in [0.15, 0.2) is 21.1 Å². The van der Waals surface area contributed by atoms with Crippen molar-refractivity contribution < 1.29 is 38.2 Å². The molecule has 0 aromatic rings. The lowest BCUT2D eigenvalue weighted by atomic mass is 10.2. The van der Waals surface area contributed by atoms with Crippen LogP contribution in [0.4, 0.5) is 4.79 Å². The van der Waals surface area contributed by atoms with Gasteiger partial charge in [-0.25, -0.2) is 4.79 Å². The number of nitrogens with one attached hydrogen (secondary N) is 2. The Bertz CT molecular complexity index is 907. The Hall–Kier alpha value is -2.58. The lowest BCUT2D eigenvalue weighted by molar-refractivity contribution is -0.142. The summed E-state index contributed by atoms with van der Waals surface area (Å²) < 4.78 is 10.7. The van der Waals surface area contributed by atoms with E-state index in [2.05, 4.69) is 42.5 Å². The quantitative estimate of drug-likeness (QED) is 0.266. The highest BCUT2D eigenvalue weighted by molar-refractivity contribution is 9.12. The molecule has 0 bridgehead atoms. The van der Waals surface area contributed by atoms with Crippen LogP contribution in [0, 0.1) is 0 Å². The van der Waals surface area contributed by atoms with Crippen molar-refractivity contribution in [1.82, 2.24) is 20.4 Å². The van der Waals surface area contributed by atoms with Crippen LogP contribution in [0.2, 0.25) is 0 Å². The Labute approximate surface area is 212 Å². The summed E-state index contributed by atoms with van der Waals surface area (Å²) in [6.07, 6.45) is 0.532. The summed E-state index contributed by atoms with van der Waals surface area (Å²) in [5.74, 6) is -2.94. The Kier molecular flexibility index (Phi) is 9.53. The van der Waals surface area contributed by atoms with E-state index in [1.807, 2.05) is 0 Å². The number of carbonyl (C=O) groups is 6. The molecule has 0 atom stereocenters. The molecule has 186 valence electrons. The number of hydrogen-bond donors (Lipinski definition) is 2. The van der Waals surface area contributed by atoms with Gasteiger partial charge in [0.25, 0.3) is 23.6 Å². The van der Waals surface area contributed by atoms with E-state index < -0.39 is 53.9 Å². The van der Waals surface area contributed by atoms with E-state index >= 15 is 0 Å². The Balaban J connectivity index is 1.89. The smallest absolute Gasteiger partial charge is 0.407 e. The predicted octanol–water partition coefficient (Wildman–Crippen LogP) is 0.308. The lowest BCUT2D eigenvalue weighted by Crippen LogP contribution is -2.47. The number of nitrogens with zero attached hydrogens (tertiary/aromatic N) is 2. The van der Waals surface area contributed by atoms with E-state index in [0.29, 0.717) is 0 Å². The average Bonchev–Trinajstić information content (AvgIpc) is 3.10. The van der Waals surface area contributed by atoms with Crippen LogP contribution in [0.3, 0.4) is 0 Å². The number of hydrogen-bond acceptors (Lipinski definition) is 8. The number of rotatable bonds is 10. The maximum absolute atomic E-state index is 12.2. The molecule has 2 aliphatic rings. The topological polar surface area (TPSA) is 151 Å². The molecule has 2 rings (SSSR count). The second-order valence-corrected chi connectivity index (χ2v) is 9.91. The average molecular weight is 608 g/mol. The van der Waals surface area contributed by atoms with Gasteiger partial charge in [-0.05, 0) is 52.6 Å². The molecule has 0 aliphatic carbocycles. The summed E-state index contributed by atoms with van der Waals surface area (Å²) in [5, 5.41) is 5.01. The molecule has 0 saturated carbocycles. The van der Waals surface area contributed by atoms with E-state index in [-0.39, 0.29) is 35.1 Å². The molecule has 2 heterocycles. The van der Waals surface area contributed by atoms with Crippen LogP contribution in [0.5, 0.6) is 0 Å². The number of alkyl carbamates (subject to hydrolysis) is 1. The SMILES string of the molecule is CC(C)(C)OC(=O)NCCNC(=O)COC(CN1C(=O)C=C(Br)C1=O)CN1C(=O)C=C(Br)C1=O. The predicted molar refractivity (Wildman–Crippen MR) is 124 cm³/mol. The van der Waals surface area contributed by atoms with Crippen LogP contribution in [-0.2, 0) is 33.4 Å². The van der Waals surface area contributed by atoms with E-state index in [1.165, 1.54) is 0 Å². The Morgan fingerprint density at radius 1 is 0.912 bits per heavy atom. The molecule has 34 heavy (non-hydrogen) atoms. The molecule has 0 aromatic heterocycles. The highest BCUT2D eigenvalue weighted by atomic mass is 79.9. The third kappa shape index (κ3) is 8.02. The highest BCUT2D eigenvalue weighted by Crippen LogP contribution is 2.21. The summed E-state index contributed by atoms with van der Waals surface area (Å²) in [7, 11) is 0. The van der Waals surface area contributed by atoms with Crippen molar-refractivity contribution in [3.63, 3.8) is 0 Å². The van der Waals surface area contributed by atoms with E-state index in [9.17, 15) is 28.8 Å². The minimum absolute atomic E-state index is 0.0595. The van der Waals surface area contributed by atoms with Crippen molar-refractivity contribution >= 4 is 67.5 Å². The monoisotopic (exact) mass is 606 g/mol. The van der Waals surface area contributed by atoms with Gasteiger partial charge < -0.3 is 20.1 Å². The molecule has 0 saturated heterocycles. The molecule has 12 nitrogen and oxygen atoms in total. The molecule has 0 radical (unpaired) electrons. The fraction of sp³-hybridized carbons (Fsp3) is 0.500. The van der Waals surface area contributed by atoms with E-state index in [1.54, 1.807) is 20.8 Å². The normalized spacial score (nSPS) is 16.3. The van der Waals surface area contributed by atoms with Crippen molar-refractivity contribution in [2.75, 3.05) is 32.8 Å². The third-order valence-corrected chi connectivity index (χ3v) is 5.41. The van der Waals surface area contributed by atoms with Crippen LogP contribution in [0.1, 0.15) is 20.8 Å². The zero-order chi connectivity index (χ0) is 25.6. The van der Waals surface area contributed by atoms with Gasteiger partial charge >= 0.3 is 6.09 Å². The summed E-state index contributed by atoms with van der Waals surface area (Å²) in [6.45, 7) is 4.31. The van der Waals surface area contributed by atoms with Crippen molar-refractivity contribution in [2.45, 2.75) is 32.5 Å². The first-order valence-corrected chi connectivity index (χ1v) is 11.7. The van der Waals surface area contributed by atoms with Gasteiger partial charge in [0.15, 0.2) is 0 Å². The first-order valence-electron chi connectivity index (χ1n) is 10.1. The molecule has 0 unspecified atom stereocenters. The third-order valence-electron chi connectivity index (χ3n) is 4.27. The van der Waals surface area contributed by atoms with Crippen LogP contribution in [-0.4, -0.2) is 89.9 Å². The summed E-state index contributed by atoms with van der Waals surface area (Å²) in [5.41, 5.74) is -0.650. The second-order valence-electron chi connectivity index (χ2n) is 8.20. The van der Waals surface area contributed by atoms with Crippen molar-refractivity contribution in [3.8, 4) is 0 Å². The number of halogens is 2. The minimum Gasteiger partial charge on any atom is -0.444 e. The molecule has 2 aliphatic heterocycles. The van der Waals surface area contributed by atoms with Gasteiger partial charge in [0.1, 0.15) is 12.2 Å². The summed E-state index contributed by atoms with van der Waals surface area (Å²) in [4.78, 5) is 74.0. The Morgan fingerprint density at radius 2 is 1.38 bits per heavy atom. The van der Waals surface area contributed by atoms with Crippen molar-refractivity contribution in [2.24, 2.45) is 0 Å². The maximum Gasteiger partial charge on any atom is 0.407 e. The van der Waals surface area contributed by atoms with E-state index in [0.717, 1.165) is 22.0 Å². The van der Waals surface area contributed by atoms with Crippen molar-refractivity contribution in [3.05, 3.63) is 21.1 Å². The summed E-state index contributed by atoms with van der Waals surface area (Å²) in [6, 6.07) is 0. The zero-order valence-electron chi connectivity index (χ0n) is 18.7. The van der Waals surface area contributed by atoms with Gasteiger partial charge in [0, 0.05) is 25.2 Å². The molecule has 14 heteroatoms. The van der Waals surface area contributed by atoms with Gasteiger partial charge in [-0.1, -0.05) is 0 Å². The molecular formula is C20H24Br2N4O8. The first-order chi connectivity index (χ1) is 15.8. The van der Waals surface area contributed by atoms with Gasteiger partial charge in [0.2, 0.25) is 5.91 Å². The molecule has 0 aromatic carbocycles. The Morgan fingerprint density at radius 3 is 1.79 bits per heavy atom. The zero-order valence-corrected chi connectivity index (χ0v) is 21.9. The van der Waals surface area contributed by atoms with Crippen LogP contribution < -0.4 is 10.6 Å². The molecular weight excluding hydrogens is 584 g/mol. The molecule has 0 spiro atoms. The first kappa shape index (κ1) is 27.7. The number of imide groups is 2. The maximum atomic E-state index is 12.2. The van der Waals surface area contributed by atoms with Gasteiger partial charge in [-0.15, -0.1) is 0 Å². The van der Waals surface area contributed by atoms with E-state index in [4.69, 9.17) is 9.47 Å². The lowest BCUT2D eigenvalue weighted by Gasteiger charge is -2.26. The van der Waals surface area contributed by atoms with Gasteiger partial charge in [-0.2, -0.15) is 0 Å². The standard InChI is InChI=1S/C20H24Br2N4O8/c1-20(2,3)34-19(32)24-5-4-23-14(27)10-33-11(8-25-15(28)6-12(21)17(25)30)9-26-16(29)7-13(22)18(26)31/h6-7,11H,4-5,8-10H2,1-3H3,(H,23,27)(H,24,32). The van der Waals surface area contributed by atoms with Gasteiger partial charge in [-0.3, -0.25) is 33.8 Å². The minimum atomic E-state index is -1.02. The fourth-order valence-electron chi connectivity index (χ4n) is 2.80. The van der Waals surface area contributed by atoms with Crippen LogP contribution >= 0.6 is 31.9 Å².